The number of aromatic nitrogens is 1. The molecule has 0 radical (unpaired) electrons. The summed E-state index contributed by atoms with van der Waals surface area (Å²) in [5, 5.41) is 23.0. The van der Waals surface area contributed by atoms with E-state index in [1.54, 1.807) is 20.8 Å². The minimum Gasteiger partial charge on any atom is -0.373 e. The van der Waals surface area contributed by atoms with Gasteiger partial charge >= 0.3 is 0 Å². The zero-order valence-corrected chi connectivity index (χ0v) is 13.5. The largest absolute Gasteiger partial charge is 0.373 e. The Hall–Kier alpha value is -2.46. The maximum Gasteiger partial charge on any atom is 0.293 e. The summed E-state index contributed by atoms with van der Waals surface area (Å²) < 4.78 is 27.7. The molecule has 0 amide bonds. The van der Waals surface area contributed by atoms with Gasteiger partial charge in [0.2, 0.25) is 10.0 Å². The van der Waals surface area contributed by atoms with Crippen LogP contribution in [0.4, 0.5) is 11.4 Å². The van der Waals surface area contributed by atoms with Crippen molar-refractivity contribution in [1.29, 1.82) is 0 Å². The van der Waals surface area contributed by atoms with E-state index in [1.165, 1.54) is 12.1 Å². The van der Waals surface area contributed by atoms with Crippen LogP contribution in [-0.4, -0.2) is 18.5 Å². The minimum atomic E-state index is -4.02. The molecule has 2 rings (SSSR count). The Morgan fingerprint density at radius 3 is 2.52 bits per heavy atom. The third-order valence-corrected chi connectivity index (χ3v) is 4.30. The predicted octanol–water partition coefficient (Wildman–Crippen LogP) is 2.02. The number of nitrogens with two attached hydrogens (primary N) is 1. The van der Waals surface area contributed by atoms with Crippen molar-refractivity contribution in [2.45, 2.75) is 31.7 Å². The van der Waals surface area contributed by atoms with Crippen LogP contribution in [0.25, 0.3) is 0 Å². The first-order chi connectivity index (χ1) is 10.6. The van der Waals surface area contributed by atoms with Crippen molar-refractivity contribution < 1.29 is 17.9 Å². The predicted molar refractivity (Wildman–Crippen MR) is 82.5 cm³/mol. The Morgan fingerprint density at radius 2 is 2.04 bits per heavy atom. The molecule has 0 aliphatic heterocycles. The number of primary sulfonamides is 1. The highest BCUT2D eigenvalue weighted by molar-refractivity contribution is 7.89. The van der Waals surface area contributed by atoms with E-state index < -0.39 is 14.9 Å². The lowest BCUT2D eigenvalue weighted by Crippen LogP contribution is -2.14. The molecule has 0 saturated heterocycles. The molecule has 0 fully saturated rings. The minimum absolute atomic E-state index is 0.176. The molecule has 1 atom stereocenters. The van der Waals surface area contributed by atoms with Crippen molar-refractivity contribution in [2.24, 2.45) is 5.14 Å². The molecule has 1 heterocycles. The quantitative estimate of drug-likeness (QED) is 0.626. The van der Waals surface area contributed by atoms with Crippen molar-refractivity contribution in [1.82, 2.24) is 5.16 Å². The van der Waals surface area contributed by atoms with Crippen molar-refractivity contribution in [3.05, 3.63) is 45.3 Å². The third kappa shape index (κ3) is 3.48. The molecular weight excluding hydrogens is 324 g/mol. The second-order valence-corrected chi connectivity index (χ2v) is 6.65. The van der Waals surface area contributed by atoms with Gasteiger partial charge in [-0.05, 0) is 32.9 Å². The highest BCUT2D eigenvalue weighted by Gasteiger charge is 2.22. The van der Waals surface area contributed by atoms with Crippen LogP contribution in [-0.2, 0) is 10.0 Å². The molecule has 1 unspecified atom stereocenters. The molecule has 0 saturated carbocycles. The van der Waals surface area contributed by atoms with Crippen LogP contribution in [0.1, 0.15) is 30.0 Å². The fourth-order valence-electron chi connectivity index (χ4n) is 2.38. The smallest absolute Gasteiger partial charge is 0.293 e. The number of nitrogens with zero attached hydrogens (tertiary/aromatic N) is 2. The van der Waals surface area contributed by atoms with Crippen LogP contribution >= 0.6 is 0 Å². The normalized spacial score (nSPS) is 12.9. The molecule has 10 heteroatoms. The molecule has 1 aromatic carbocycles. The van der Waals surface area contributed by atoms with E-state index in [0.717, 1.165) is 11.6 Å². The molecule has 0 spiro atoms. The monoisotopic (exact) mass is 340 g/mol. The van der Waals surface area contributed by atoms with Crippen LogP contribution in [0.3, 0.4) is 0 Å². The Labute approximate surface area is 132 Å². The average Bonchev–Trinajstić information content (AvgIpc) is 2.77. The van der Waals surface area contributed by atoms with Gasteiger partial charge in [-0.25, -0.2) is 13.6 Å². The number of hydrogen-bond donors (Lipinski definition) is 2. The number of benzene rings is 1. The Kier molecular flexibility index (Phi) is 4.39. The summed E-state index contributed by atoms with van der Waals surface area (Å²) in [7, 11) is -4.02. The Morgan fingerprint density at radius 1 is 1.39 bits per heavy atom. The van der Waals surface area contributed by atoms with Gasteiger partial charge in [-0.15, -0.1) is 0 Å². The number of rotatable bonds is 5. The van der Waals surface area contributed by atoms with Crippen molar-refractivity contribution in [3.63, 3.8) is 0 Å². The lowest BCUT2D eigenvalue weighted by atomic mass is 10.1. The molecule has 1 aromatic heterocycles. The van der Waals surface area contributed by atoms with E-state index in [2.05, 4.69) is 10.5 Å². The first-order valence-electron chi connectivity index (χ1n) is 6.61. The number of anilines is 1. The maximum atomic E-state index is 11.3. The van der Waals surface area contributed by atoms with Gasteiger partial charge < -0.3 is 9.84 Å². The summed E-state index contributed by atoms with van der Waals surface area (Å²) in [4.78, 5) is 10.2. The van der Waals surface area contributed by atoms with Gasteiger partial charge in [-0.2, -0.15) is 0 Å². The third-order valence-electron chi connectivity index (χ3n) is 3.39. The van der Waals surface area contributed by atoms with Crippen LogP contribution in [0.15, 0.2) is 27.6 Å². The molecule has 0 bridgehead atoms. The summed E-state index contributed by atoms with van der Waals surface area (Å²) in [5.74, 6) is 0.603. The van der Waals surface area contributed by atoms with Crippen molar-refractivity contribution in [3.8, 4) is 0 Å². The maximum absolute atomic E-state index is 11.3. The van der Waals surface area contributed by atoms with E-state index >= 15 is 0 Å². The molecule has 3 N–H and O–H groups in total. The first-order valence-corrected chi connectivity index (χ1v) is 8.16. The molecule has 0 aliphatic rings. The topological polar surface area (TPSA) is 141 Å². The molecule has 9 nitrogen and oxygen atoms in total. The summed E-state index contributed by atoms with van der Waals surface area (Å²) in [6.45, 7) is 5.30. The summed E-state index contributed by atoms with van der Waals surface area (Å²) >= 11 is 0. The van der Waals surface area contributed by atoms with Gasteiger partial charge in [0.1, 0.15) is 11.4 Å². The second kappa shape index (κ2) is 5.97. The van der Waals surface area contributed by atoms with Gasteiger partial charge in [0.15, 0.2) is 0 Å². The van der Waals surface area contributed by atoms with Gasteiger partial charge in [0.05, 0.1) is 21.6 Å². The second-order valence-electron chi connectivity index (χ2n) is 5.08. The van der Waals surface area contributed by atoms with Crippen LogP contribution < -0.4 is 10.5 Å². The zero-order valence-electron chi connectivity index (χ0n) is 12.7. The zero-order chi connectivity index (χ0) is 17.4. The number of aryl methyl sites for hydroxylation is 2. The van der Waals surface area contributed by atoms with Gasteiger partial charge in [-0.1, -0.05) is 5.16 Å². The van der Waals surface area contributed by atoms with E-state index in [-0.39, 0.29) is 22.3 Å². The number of nitro benzene ring substituents is 1. The highest BCUT2D eigenvalue weighted by Crippen LogP contribution is 2.31. The van der Waals surface area contributed by atoms with Crippen LogP contribution in [0.5, 0.6) is 0 Å². The van der Waals surface area contributed by atoms with Crippen LogP contribution in [0, 0.1) is 24.0 Å². The lowest BCUT2D eigenvalue weighted by Gasteiger charge is -2.15. The van der Waals surface area contributed by atoms with Crippen molar-refractivity contribution >= 4 is 21.4 Å². The first kappa shape index (κ1) is 16.9. The summed E-state index contributed by atoms with van der Waals surface area (Å²) in [6, 6.07) is 3.13. The molecule has 0 aliphatic carbocycles. The van der Waals surface area contributed by atoms with E-state index in [4.69, 9.17) is 9.66 Å². The number of hydrogen-bond acceptors (Lipinski definition) is 7. The average molecular weight is 340 g/mol. The Balaban J connectivity index is 2.42. The van der Waals surface area contributed by atoms with Crippen LogP contribution in [0.2, 0.25) is 0 Å². The number of nitrogens with one attached hydrogen (secondary N) is 1. The number of sulfonamides is 1. The Bertz CT molecular complexity index is 840. The highest BCUT2D eigenvalue weighted by atomic mass is 32.2. The molecule has 124 valence electrons. The summed E-state index contributed by atoms with van der Waals surface area (Å²) in [6.07, 6.45) is 0. The lowest BCUT2D eigenvalue weighted by molar-refractivity contribution is -0.384. The van der Waals surface area contributed by atoms with E-state index in [0.29, 0.717) is 11.5 Å². The SMILES string of the molecule is Cc1noc(C)c1C(C)Nc1ccc(S(N)(=O)=O)cc1[N+](=O)[O-]. The number of nitro groups is 1. The van der Waals surface area contributed by atoms with Gasteiger partial charge in [-0.3, -0.25) is 10.1 Å². The van der Waals surface area contributed by atoms with E-state index in [9.17, 15) is 18.5 Å². The van der Waals surface area contributed by atoms with Crippen molar-refractivity contribution in [2.75, 3.05) is 5.32 Å². The van der Waals surface area contributed by atoms with E-state index in [1.807, 2.05) is 0 Å². The molecule has 2 aromatic rings. The molecule has 23 heavy (non-hydrogen) atoms. The van der Waals surface area contributed by atoms with Gasteiger partial charge in [0, 0.05) is 11.6 Å². The standard InChI is InChI=1S/C13H16N4O5S/c1-7(13-8(2)16-22-9(13)3)15-11-5-4-10(23(14,20)21)6-12(11)17(18)19/h4-7,15H,1-3H3,(H2,14,20,21). The molecular formula is C13H16N4O5S. The fourth-order valence-corrected chi connectivity index (χ4v) is 2.91. The van der Waals surface area contributed by atoms with Gasteiger partial charge in [0.25, 0.3) is 5.69 Å². The summed E-state index contributed by atoms with van der Waals surface area (Å²) in [5.41, 5.74) is 1.26. The fraction of sp³-hybridized carbons (Fsp3) is 0.308.